The average Bonchev–Trinajstić information content (AvgIpc) is 2.76. The van der Waals surface area contributed by atoms with Gasteiger partial charge in [0.2, 0.25) is 17.8 Å². The topological polar surface area (TPSA) is 196 Å². The molecule has 0 aromatic carbocycles. The highest BCUT2D eigenvalue weighted by molar-refractivity contribution is 5.42. The smallest absolute Gasteiger partial charge is 0.231 e. The summed E-state index contributed by atoms with van der Waals surface area (Å²) in [6.45, 7) is 5.18. The molecule has 210 valence electrons. The van der Waals surface area contributed by atoms with Crippen molar-refractivity contribution in [2.75, 3.05) is 16.0 Å². The third kappa shape index (κ3) is 16.8. The van der Waals surface area contributed by atoms with Gasteiger partial charge in [0.15, 0.2) is 0 Å². The number of hydrogen-bond donors (Lipinski definition) is 9. The normalized spacial score (nSPS) is 16.6. The van der Waals surface area contributed by atoms with Gasteiger partial charge in [0.05, 0.1) is 18.3 Å². The molecule has 1 aromatic heterocycles. The lowest BCUT2D eigenvalue weighted by Crippen LogP contribution is -2.26. The number of aliphatic hydroxyl groups is 6. The first kappa shape index (κ1) is 32.2. The molecule has 0 radical (unpaired) electrons. The number of nitrogens with one attached hydrogen (secondary N) is 3. The van der Waals surface area contributed by atoms with Crippen LogP contribution in [0.1, 0.15) is 97.8 Å². The van der Waals surface area contributed by atoms with Gasteiger partial charge in [0, 0.05) is 0 Å². The van der Waals surface area contributed by atoms with Crippen molar-refractivity contribution in [1.82, 2.24) is 15.0 Å². The molecular formula is C24H48N6O6. The first-order valence-corrected chi connectivity index (χ1v) is 13.2. The summed E-state index contributed by atoms with van der Waals surface area (Å²) in [6, 6.07) is 0. The molecule has 1 aromatic rings. The van der Waals surface area contributed by atoms with Crippen LogP contribution in [-0.4, -0.2) is 82.6 Å². The molecule has 6 atom stereocenters. The van der Waals surface area contributed by atoms with E-state index in [9.17, 15) is 30.6 Å². The maximum atomic E-state index is 10.3. The van der Waals surface area contributed by atoms with Gasteiger partial charge in [-0.15, -0.1) is 0 Å². The van der Waals surface area contributed by atoms with Crippen molar-refractivity contribution >= 4 is 17.8 Å². The summed E-state index contributed by atoms with van der Waals surface area (Å²) in [4.78, 5) is 12.7. The summed E-state index contributed by atoms with van der Waals surface area (Å²) >= 11 is 0. The summed E-state index contributed by atoms with van der Waals surface area (Å²) in [7, 11) is 0. The van der Waals surface area contributed by atoms with Crippen molar-refractivity contribution in [3.63, 3.8) is 0 Å². The zero-order valence-electron chi connectivity index (χ0n) is 22.0. The van der Waals surface area contributed by atoms with Crippen LogP contribution in [0.15, 0.2) is 0 Å². The first-order chi connectivity index (χ1) is 17.0. The highest BCUT2D eigenvalue weighted by Gasteiger charge is 2.15. The van der Waals surface area contributed by atoms with Crippen molar-refractivity contribution in [3.8, 4) is 0 Å². The second kappa shape index (κ2) is 18.4. The Labute approximate surface area is 214 Å². The molecule has 0 aliphatic heterocycles. The molecular weight excluding hydrogens is 468 g/mol. The van der Waals surface area contributed by atoms with Gasteiger partial charge in [-0.3, -0.25) is 0 Å². The van der Waals surface area contributed by atoms with Crippen molar-refractivity contribution in [3.05, 3.63) is 0 Å². The Balaban J connectivity index is 2.75. The SMILES string of the molecule is CC(O)CCCCC(O)Nc1nc(NC(O)CCCCC(C)O)nc(NC(O)CCCCC(C)O)n1. The van der Waals surface area contributed by atoms with Gasteiger partial charge in [0.25, 0.3) is 0 Å². The predicted octanol–water partition coefficient (Wildman–Crippen LogP) is 1.89. The van der Waals surface area contributed by atoms with Crippen molar-refractivity contribution < 1.29 is 30.6 Å². The van der Waals surface area contributed by atoms with E-state index < -0.39 is 18.7 Å². The quantitative estimate of drug-likeness (QED) is 0.0851. The highest BCUT2D eigenvalue weighted by Crippen LogP contribution is 2.16. The lowest BCUT2D eigenvalue weighted by molar-refractivity contribution is 0.166. The summed E-state index contributed by atoms with van der Waals surface area (Å²) in [5.41, 5.74) is 0. The first-order valence-electron chi connectivity index (χ1n) is 13.2. The minimum absolute atomic E-state index is 0.0839. The van der Waals surface area contributed by atoms with E-state index in [1.54, 1.807) is 20.8 Å². The summed E-state index contributed by atoms with van der Waals surface area (Å²) < 4.78 is 0. The van der Waals surface area contributed by atoms with E-state index in [0.717, 1.165) is 19.3 Å². The molecule has 0 bridgehead atoms. The Morgan fingerprint density at radius 1 is 0.444 bits per heavy atom. The molecule has 12 nitrogen and oxygen atoms in total. The largest absolute Gasteiger partial charge is 0.393 e. The number of aromatic nitrogens is 3. The molecule has 0 spiro atoms. The molecule has 0 saturated carbocycles. The monoisotopic (exact) mass is 516 g/mol. The third-order valence-corrected chi connectivity index (χ3v) is 5.57. The highest BCUT2D eigenvalue weighted by atomic mass is 16.3. The molecule has 0 aliphatic carbocycles. The second-order valence-electron chi connectivity index (χ2n) is 9.69. The van der Waals surface area contributed by atoms with Gasteiger partial charge >= 0.3 is 0 Å². The van der Waals surface area contributed by atoms with Crippen LogP contribution in [0.5, 0.6) is 0 Å². The Kier molecular flexibility index (Phi) is 16.5. The summed E-state index contributed by atoms with van der Waals surface area (Å²) in [5.74, 6) is 0.252. The maximum Gasteiger partial charge on any atom is 0.231 e. The molecule has 9 N–H and O–H groups in total. The van der Waals surface area contributed by atoms with Gasteiger partial charge in [-0.1, -0.05) is 19.3 Å². The fourth-order valence-corrected chi connectivity index (χ4v) is 3.57. The van der Waals surface area contributed by atoms with Crippen LogP contribution in [0, 0.1) is 0 Å². The van der Waals surface area contributed by atoms with Crippen molar-refractivity contribution in [2.45, 2.75) is 135 Å². The van der Waals surface area contributed by atoms with E-state index in [2.05, 4.69) is 30.9 Å². The van der Waals surface area contributed by atoms with E-state index in [-0.39, 0.29) is 36.2 Å². The van der Waals surface area contributed by atoms with Gasteiger partial charge in [-0.25, -0.2) is 0 Å². The van der Waals surface area contributed by atoms with Crippen LogP contribution in [-0.2, 0) is 0 Å². The molecule has 6 unspecified atom stereocenters. The fourth-order valence-electron chi connectivity index (χ4n) is 3.57. The summed E-state index contributed by atoms with van der Waals surface area (Å²) in [6.07, 6.45) is 3.82. The van der Waals surface area contributed by atoms with Crippen LogP contribution in [0.25, 0.3) is 0 Å². The number of nitrogens with zero attached hydrogens (tertiary/aromatic N) is 3. The van der Waals surface area contributed by atoms with E-state index in [0.29, 0.717) is 57.8 Å². The maximum absolute atomic E-state index is 10.3. The molecule has 1 rings (SSSR count). The number of rotatable bonds is 21. The van der Waals surface area contributed by atoms with Crippen LogP contribution in [0.4, 0.5) is 17.8 Å². The minimum Gasteiger partial charge on any atom is -0.393 e. The Bertz CT molecular complexity index is 594. The van der Waals surface area contributed by atoms with E-state index in [1.807, 2.05) is 0 Å². The lowest BCUT2D eigenvalue weighted by Gasteiger charge is -2.18. The predicted molar refractivity (Wildman–Crippen MR) is 139 cm³/mol. The number of anilines is 3. The number of aliphatic hydroxyl groups excluding tert-OH is 6. The van der Waals surface area contributed by atoms with Gasteiger partial charge < -0.3 is 46.6 Å². The molecule has 0 amide bonds. The lowest BCUT2D eigenvalue weighted by atomic mass is 10.1. The third-order valence-electron chi connectivity index (χ3n) is 5.57. The van der Waals surface area contributed by atoms with Crippen LogP contribution in [0.3, 0.4) is 0 Å². The van der Waals surface area contributed by atoms with Crippen molar-refractivity contribution in [1.29, 1.82) is 0 Å². The average molecular weight is 517 g/mol. The standard InChI is InChI=1S/C24H48N6O6/c1-16(31)10-4-7-13-19(34)25-22-28-23(26-20(35)14-8-5-11-17(2)32)30-24(29-22)27-21(36)15-9-6-12-18(3)33/h16-21,31-36H,4-15H2,1-3H3,(H3,25,26,27,28,29,30). The van der Waals surface area contributed by atoms with E-state index >= 15 is 0 Å². The molecule has 12 heteroatoms. The molecule has 36 heavy (non-hydrogen) atoms. The van der Waals surface area contributed by atoms with E-state index in [1.165, 1.54) is 0 Å². The summed E-state index contributed by atoms with van der Waals surface area (Å²) in [5, 5.41) is 67.5. The van der Waals surface area contributed by atoms with Crippen molar-refractivity contribution in [2.24, 2.45) is 0 Å². The Hall–Kier alpha value is -1.83. The Morgan fingerprint density at radius 2 is 0.667 bits per heavy atom. The van der Waals surface area contributed by atoms with E-state index in [4.69, 9.17) is 0 Å². The minimum atomic E-state index is -0.919. The van der Waals surface area contributed by atoms with Crippen LogP contribution >= 0.6 is 0 Å². The zero-order valence-corrected chi connectivity index (χ0v) is 22.0. The number of hydrogen-bond acceptors (Lipinski definition) is 12. The molecule has 0 aliphatic rings. The van der Waals surface area contributed by atoms with Crippen LogP contribution < -0.4 is 16.0 Å². The van der Waals surface area contributed by atoms with Gasteiger partial charge in [-0.2, -0.15) is 15.0 Å². The molecule has 0 saturated heterocycles. The number of unbranched alkanes of at least 4 members (excludes halogenated alkanes) is 3. The molecule has 1 heterocycles. The van der Waals surface area contributed by atoms with Crippen LogP contribution in [0.2, 0.25) is 0 Å². The zero-order chi connectivity index (χ0) is 26.9. The second-order valence-corrected chi connectivity index (χ2v) is 9.69. The molecule has 0 fully saturated rings. The fraction of sp³-hybridized carbons (Fsp3) is 0.875. The van der Waals surface area contributed by atoms with Gasteiger partial charge in [0.1, 0.15) is 18.7 Å². The Morgan fingerprint density at radius 3 is 0.889 bits per heavy atom. The van der Waals surface area contributed by atoms with Gasteiger partial charge in [-0.05, 0) is 78.6 Å².